The van der Waals surface area contributed by atoms with E-state index in [1.165, 1.54) is 11.6 Å². The first kappa shape index (κ1) is 27.0. The number of benzene rings is 2. The molecule has 3 rings (SSSR count). The summed E-state index contributed by atoms with van der Waals surface area (Å²) in [6.07, 6.45) is 0.579. The van der Waals surface area contributed by atoms with Gasteiger partial charge < -0.3 is 9.30 Å². The van der Waals surface area contributed by atoms with Crippen LogP contribution >= 0.6 is 23.2 Å². The minimum Gasteiger partial charge on any atom is -0.456 e. The van der Waals surface area contributed by atoms with Crippen molar-refractivity contribution in [1.82, 2.24) is 9.47 Å². The van der Waals surface area contributed by atoms with Crippen LogP contribution in [0, 0.1) is 0 Å². The molecule has 1 heterocycles. The van der Waals surface area contributed by atoms with Gasteiger partial charge in [0.1, 0.15) is 10.6 Å². The Bertz CT molecular complexity index is 1220. The maximum Gasteiger partial charge on any atom is 0.338 e. The third-order valence-corrected chi connectivity index (χ3v) is 6.46. The number of ether oxygens (including phenoxy) is 1. The Morgan fingerprint density at radius 2 is 1.66 bits per heavy atom. The van der Waals surface area contributed by atoms with Gasteiger partial charge in [0.25, 0.3) is 5.56 Å². The van der Waals surface area contributed by atoms with Crippen molar-refractivity contribution in [2.45, 2.75) is 58.8 Å². The summed E-state index contributed by atoms with van der Waals surface area (Å²) in [6, 6.07) is 19.1. The summed E-state index contributed by atoms with van der Waals surface area (Å²) in [5, 5.41) is 0.555. The van der Waals surface area contributed by atoms with E-state index in [0.717, 1.165) is 11.3 Å². The molecule has 0 spiro atoms. The molecule has 0 unspecified atom stereocenters. The Hall–Kier alpha value is -2.60. The molecule has 0 saturated heterocycles. The number of aromatic nitrogens is 1. The standard InChI is InChI=1S/C28H32Cl2N2O3/c1-19(21-9-7-6-8-10-21)31(5)18-25-23(29)17-24(30)26(33)32(25)16-15-20-11-13-22(14-12-20)27(34)35-28(2,3)4/h6-14,17,19H,15-16,18H2,1-5H3/t19-/m1/s1. The van der Waals surface area contributed by atoms with Crippen LogP contribution in [0.25, 0.3) is 0 Å². The number of carbonyl (C=O) groups is 1. The van der Waals surface area contributed by atoms with Crippen molar-refractivity contribution in [2.24, 2.45) is 0 Å². The summed E-state index contributed by atoms with van der Waals surface area (Å²) in [5.74, 6) is -0.361. The molecule has 3 aromatic rings. The molecule has 0 bridgehead atoms. The first-order valence-electron chi connectivity index (χ1n) is 11.6. The topological polar surface area (TPSA) is 51.5 Å². The minimum absolute atomic E-state index is 0.0952. The Balaban J connectivity index is 1.78. The maximum absolute atomic E-state index is 13.0. The molecule has 35 heavy (non-hydrogen) atoms. The molecular weight excluding hydrogens is 483 g/mol. The fourth-order valence-electron chi connectivity index (χ4n) is 3.78. The Kier molecular flexibility index (Phi) is 8.81. The average Bonchev–Trinajstić information content (AvgIpc) is 2.81. The molecule has 0 fully saturated rings. The molecule has 1 aromatic heterocycles. The normalized spacial score (nSPS) is 12.6. The predicted molar refractivity (Wildman–Crippen MR) is 142 cm³/mol. The van der Waals surface area contributed by atoms with Gasteiger partial charge in [0, 0.05) is 19.1 Å². The molecule has 1 atom stereocenters. The summed E-state index contributed by atoms with van der Waals surface area (Å²) >= 11 is 12.8. The molecule has 0 amide bonds. The number of nitrogens with zero attached hydrogens (tertiary/aromatic N) is 2. The van der Waals surface area contributed by atoms with Crippen LogP contribution in [0.15, 0.2) is 65.5 Å². The van der Waals surface area contributed by atoms with Gasteiger partial charge in [0.2, 0.25) is 0 Å². The van der Waals surface area contributed by atoms with Crippen LogP contribution in [0.3, 0.4) is 0 Å². The van der Waals surface area contributed by atoms with Crippen molar-refractivity contribution in [2.75, 3.05) is 7.05 Å². The van der Waals surface area contributed by atoms with Crippen LogP contribution in [0.5, 0.6) is 0 Å². The number of halogens is 2. The summed E-state index contributed by atoms with van der Waals surface area (Å²) < 4.78 is 7.07. The summed E-state index contributed by atoms with van der Waals surface area (Å²) in [5.41, 5.74) is 2.55. The number of carbonyl (C=O) groups excluding carboxylic acids is 1. The van der Waals surface area contributed by atoms with Crippen LogP contribution in [0.2, 0.25) is 10.0 Å². The highest BCUT2D eigenvalue weighted by atomic mass is 35.5. The highest BCUT2D eigenvalue weighted by Gasteiger charge is 2.19. The molecule has 0 aliphatic heterocycles. The van der Waals surface area contributed by atoms with Gasteiger partial charge in [-0.05, 0) is 70.5 Å². The highest BCUT2D eigenvalue weighted by Crippen LogP contribution is 2.25. The molecule has 0 N–H and O–H groups in total. The summed E-state index contributed by atoms with van der Waals surface area (Å²) in [4.78, 5) is 27.4. The minimum atomic E-state index is -0.551. The number of rotatable bonds is 8. The average molecular weight is 515 g/mol. The molecule has 0 aliphatic rings. The van der Waals surface area contributed by atoms with Crippen LogP contribution < -0.4 is 5.56 Å². The van der Waals surface area contributed by atoms with E-state index in [4.69, 9.17) is 27.9 Å². The lowest BCUT2D eigenvalue weighted by atomic mass is 10.1. The third kappa shape index (κ3) is 7.20. The second-order valence-corrected chi connectivity index (χ2v) is 10.5. The van der Waals surface area contributed by atoms with Gasteiger partial charge in [-0.1, -0.05) is 65.7 Å². The Morgan fingerprint density at radius 1 is 1.03 bits per heavy atom. The number of esters is 1. The smallest absolute Gasteiger partial charge is 0.338 e. The predicted octanol–water partition coefficient (Wildman–Crippen LogP) is 6.55. The van der Waals surface area contributed by atoms with Crippen molar-refractivity contribution in [3.05, 3.63) is 103 Å². The monoisotopic (exact) mass is 514 g/mol. The zero-order valence-electron chi connectivity index (χ0n) is 20.8. The number of hydrogen-bond acceptors (Lipinski definition) is 4. The lowest BCUT2D eigenvalue weighted by Gasteiger charge is -2.27. The molecular formula is C28H32Cl2N2O3. The Labute approximate surface area is 217 Å². The van der Waals surface area contributed by atoms with Crippen molar-refractivity contribution in [1.29, 1.82) is 0 Å². The maximum atomic E-state index is 13.0. The van der Waals surface area contributed by atoms with Crippen molar-refractivity contribution in [3.8, 4) is 0 Å². The lowest BCUT2D eigenvalue weighted by Crippen LogP contribution is -2.30. The van der Waals surface area contributed by atoms with E-state index < -0.39 is 5.60 Å². The first-order valence-corrected chi connectivity index (χ1v) is 12.4. The van der Waals surface area contributed by atoms with Crippen molar-refractivity contribution >= 4 is 29.2 Å². The summed E-state index contributed by atoms with van der Waals surface area (Å²) in [7, 11) is 2.01. The second kappa shape index (κ2) is 11.4. The number of aryl methyl sites for hydroxylation is 1. The molecule has 0 aliphatic carbocycles. The molecule has 186 valence electrons. The van der Waals surface area contributed by atoms with Gasteiger partial charge in [-0.3, -0.25) is 9.69 Å². The molecule has 7 heteroatoms. The molecule has 0 saturated carbocycles. The third-order valence-electron chi connectivity index (χ3n) is 5.86. The second-order valence-electron chi connectivity index (χ2n) is 9.69. The first-order chi connectivity index (χ1) is 16.5. The van der Waals surface area contributed by atoms with Crippen LogP contribution in [-0.2, 0) is 24.2 Å². The quantitative estimate of drug-likeness (QED) is 0.320. The zero-order chi connectivity index (χ0) is 25.8. The zero-order valence-corrected chi connectivity index (χ0v) is 22.4. The van der Waals surface area contributed by atoms with E-state index in [1.54, 1.807) is 16.7 Å². The van der Waals surface area contributed by atoms with Gasteiger partial charge in [0.05, 0.1) is 16.3 Å². The highest BCUT2D eigenvalue weighted by molar-refractivity contribution is 6.34. The van der Waals surface area contributed by atoms with E-state index in [1.807, 2.05) is 58.2 Å². The van der Waals surface area contributed by atoms with E-state index in [0.29, 0.717) is 30.1 Å². The van der Waals surface area contributed by atoms with E-state index in [2.05, 4.69) is 24.0 Å². The lowest BCUT2D eigenvalue weighted by molar-refractivity contribution is 0.00695. The van der Waals surface area contributed by atoms with Crippen LogP contribution in [0.4, 0.5) is 0 Å². The SMILES string of the molecule is C[C@H](c1ccccc1)N(C)Cc1c(Cl)cc(Cl)c(=O)n1CCc1ccc(C(=O)OC(C)(C)C)cc1. The number of hydrogen-bond donors (Lipinski definition) is 0. The molecule has 0 radical (unpaired) electrons. The van der Waals surface area contributed by atoms with Gasteiger partial charge >= 0.3 is 5.97 Å². The van der Waals surface area contributed by atoms with Crippen molar-refractivity contribution in [3.63, 3.8) is 0 Å². The fraction of sp³-hybridized carbons (Fsp3) is 0.357. The van der Waals surface area contributed by atoms with E-state index >= 15 is 0 Å². The van der Waals surface area contributed by atoms with E-state index in [9.17, 15) is 9.59 Å². The summed E-state index contributed by atoms with van der Waals surface area (Å²) in [6.45, 7) is 8.52. The van der Waals surface area contributed by atoms with Crippen LogP contribution in [-0.4, -0.2) is 28.1 Å². The molecule has 5 nitrogen and oxygen atoms in total. The largest absolute Gasteiger partial charge is 0.456 e. The fourth-order valence-corrected chi connectivity index (χ4v) is 4.32. The van der Waals surface area contributed by atoms with Gasteiger partial charge in [-0.25, -0.2) is 4.79 Å². The van der Waals surface area contributed by atoms with Gasteiger partial charge in [0.15, 0.2) is 0 Å². The van der Waals surface area contributed by atoms with Gasteiger partial charge in [-0.2, -0.15) is 0 Å². The van der Waals surface area contributed by atoms with Crippen LogP contribution in [0.1, 0.15) is 60.9 Å². The van der Waals surface area contributed by atoms with Gasteiger partial charge in [-0.15, -0.1) is 0 Å². The number of pyridine rings is 1. The van der Waals surface area contributed by atoms with E-state index in [-0.39, 0.29) is 22.6 Å². The Morgan fingerprint density at radius 3 is 2.26 bits per heavy atom. The molecule has 2 aromatic carbocycles. The van der Waals surface area contributed by atoms with Crippen molar-refractivity contribution < 1.29 is 9.53 Å².